The van der Waals surface area contributed by atoms with Crippen LogP contribution < -0.4 is 21.9 Å². The number of nitrogens with one attached hydrogen (secondary N) is 3. The molecule has 0 aliphatic carbocycles. The van der Waals surface area contributed by atoms with Crippen molar-refractivity contribution in [1.82, 2.24) is 10.9 Å². The van der Waals surface area contributed by atoms with Crippen molar-refractivity contribution < 1.29 is 4.39 Å². The zero-order valence-corrected chi connectivity index (χ0v) is 9.21. The van der Waals surface area contributed by atoms with Crippen molar-refractivity contribution in [2.75, 3.05) is 5.32 Å². The van der Waals surface area contributed by atoms with Crippen LogP contribution in [-0.4, -0.2) is 10.2 Å². The molecule has 80 valence electrons. The van der Waals surface area contributed by atoms with Gasteiger partial charge in [0.15, 0.2) is 10.2 Å². The van der Waals surface area contributed by atoms with Gasteiger partial charge in [-0.15, -0.1) is 0 Å². The molecule has 5 N–H and O–H groups in total. The first-order chi connectivity index (χ1) is 7.08. The van der Waals surface area contributed by atoms with E-state index in [-0.39, 0.29) is 16.0 Å². The highest BCUT2D eigenvalue weighted by Crippen LogP contribution is 2.07. The van der Waals surface area contributed by atoms with Crippen LogP contribution in [0, 0.1) is 5.82 Å². The number of thiocarbonyl (C=S) groups is 2. The summed E-state index contributed by atoms with van der Waals surface area (Å²) in [5.74, 6) is -0.305. The van der Waals surface area contributed by atoms with Gasteiger partial charge in [0.1, 0.15) is 5.82 Å². The number of nitrogens with two attached hydrogens (primary N) is 1. The van der Waals surface area contributed by atoms with Gasteiger partial charge < -0.3 is 11.1 Å². The Morgan fingerprint density at radius 2 is 1.73 bits per heavy atom. The number of halogens is 1. The maximum atomic E-state index is 12.6. The highest BCUT2D eigenvalue weighted by atomic mass is 32.1. The third-order valence-electron chi connectivity index (χ3n) is 1.40. The van der Waals surface area contributed by atoms with Gasteiger partial charge in [-0.25, -0.2) is 4.39 Å². The van der Waals surface area contributed by atoms with Crippen LogP contribution in [0.5, 0.6) is 0 Å². The number of benzene rings is 1. The van der Waals surface area contributed by atoms with E-state index in [4.69, 9.17) is 18.0 Å². The average molecular weight is 244 g/mol. The zero-order valence-electron chi connectivity index (χ0n) is 7.58. The van der Waals surface area contributed by atoms with Crippen molar-refractivity contribution in [3.05, 3.63) is 30.1 Å². The molecule has 1 rings (SSSR count). The van der Waals surface area contributed by atoms with Gasteiger partial charge in [0.25, 0.3) is 0 Å². The van der Waals surface area contributed by atoms with E-state index in [0.29, 0.717) is 5.69 Å². The number of rotatable bonds is 1. The van der Waals surface area contributed by atoms with E-state index in [1.54, 1.807) is 12.1 Å². The Hall–Kier alpha value is -1.47. The lowest BCUT2D eigenvalue weighted by Crippen LogP contribution is -2.46. The summed E-state index contributed by atoms with van der Waals surface area (Å²) in [6.07, 6.45) is 0. The fraction of sp³-hybridized carbons (Fsp3) is 0. The van der Waals surface area contributed by atoms with Crippen LogP contribution in [0.1, 0.15) is 0 Å². The van der Waals surface area contributed by atoms with Crippen LogP contribution in [0.25, 0.3) is 0 Å². The van der Waals surface area contributed by atoms with Crippen LogP contribution in [0.4, 0.5) is 10.1 Å². The van der Waals surface area contributed by atoms with Crippen LogP contribution in [0.3, 0.4) is 0 Å². The lowest BCUT2D eigenvalue weighted by molar-refractivity contribution is 0.628. The molecule has 0 heterocycles. The normalized spacial score (nSPS) is 9.13. The smallest absolute Gasteiger partial charge is 0.189 e. The minimum Gasteiger partial charge on any atom is -0.375 e. The topological polar surface area (TPSA) is 62.1 Å². The summed E-state index contributed by atoms with van der Waals surface area (Å²) in [7, 11) is 0. The molecule has 0 saturated heterocycles. The van der Waals surface area contributed by atoms with Crippen LogP contribution >= 0.6 is 24.4 Å². The number of anilines is 1. The third kappa shape index (κ3) is 4.52. The fourth-order valence-electron chi connectivity index (χ4n) is 0.814. The zero-order chi connectivity index (χ0) is 11.3. The predicted octanol–water partition coefficient (Wildman–Crippen LogP) is 0.860. The van der Waals surface area contributed by atoms with Crippen molar-refractivity contribution >= 4 is 40.3 Å². The summed E-state index contributed by atoms with van der Waals surface area (Å²) >= 11 is 9.46. The summed E-state index contributed by atoms with van der Waals surface area (Å²) in [4.78, 5) is 0. The van der Waals surface area contributed by atoms with Crippen molar-refractivity contribution in [3.8, 4) is 0 Å². The van der Waals surface area contributed by atoms with Crippen molar-refractivity contribution in [1.29, 1.82) is 0 Å². The van der Waals surface area contributed by atoms with E-state index in [0.717, 1.165) is 0 Å². The Morgan fingerprint density at radius 3 is 2.27 bits per heavy atom. The Morgan fingerprint density at radius 1 is 1.13 bits per heavy atom. The molecule has 0 unspecified atom stereocenters. The van der Waals surface area contributed by atoms with Gasteiger partial charge in [0, 0.05) is 5.69 Å². The molecule has 1 aromatic rings. The summed E-state index contributed by atoms with van der Waals surface area (Å²) in [6.45, 7) is 0. The van der Waals surface area contributed by atoms with Crippen LogP contribution in [-0.2, 0) is 0 Å². The van der Waals surface area contributed by atoms with Gasteiger partial charge in [-0.2, -0.15) is 0 Å². The molecule has 0 aliphatic heterocycles. The molecule has 7 heteroatoms. The van der Waals surface area contributed by atoms with E-state index >= 15 is 0 Å². The van der Waals surface area contributed by atoms with Gasteiger partial charge in [0.05, 0.1) is 0 Å². The van der Waals surface area contributed by atoms with Gasteiger partial charge in [-0.3, -0.25) is 10.9 Å². The quantitative estimate of drug-likeness (QED) is 0.434. The predicted molar refractivity (Wildman–Crippen MR) is 65.7 cm³/mol. The van der Waals surface area contributed by atoms with Gasteiger partial charge in [-0.1, -0.05) is 0 Å². The Kier molecular flexibility index (Phi) is 4.19. The Bertz CT molecular complexity index is 365. The van der Waals surface area contributed by atoms with Crippen molar-refractivity contribution in [2.45, 2.75) is 0 Å². The van der Waals surface area contributed by atoms with E-state index in [2.05, 4.69) is 28.4 Å². The molecule has 15 heavy (non-hydrogen) atoms. The first kappa shape index (κ1) is 11.6. The highest BCUT2D eigenvalue weighted by molar-refractivity contribution is 7.80. The number of hydrazine groups is 1. The Labute approximate surface area is 97.0 Å². The second-order valence-electron chi connectivity index (χ2n) is 2.58. The molecule has 0 saturated carbocycles. The second-order valence-corrected chi connectivity index (χ2v) is 3.42. The van der Waals surface area contributed by atoms with Gasteiger partial charge >= 0.3 is 0 Å². The average Bonchev–Trinajstić information content (AvgIpc) is 2.19. The second kappa shape index (κ2) is 5.42. The largest absolute Gasteiger partial charge is 0.375 e. The van der Waals surface area contributed by atoms with Gasteiger partial charge in [0.2, 0.25) is 0 Å². The fourth-order valence-corrected chi connectivity index (χ4v) is 1.03. The molecular weight excluding hydrogens is 235 g/mol. The maximum absolute atomic E-state index is 12.6. The minimum atomic E-state index is -0.305. The molecule has 0 aromatic heterocycles. The van der Waals surface area contributed by atoms with Crippen LogP contribution in [0.15, 0.2) is 24.3 Å². The van der Waals surface area contributed by atoms with Crippen LogP contribution in [0.2, 0.25) is 0 Å². The van der Waals surface area contributed by atoms with E-state index in [9.17, 15) is 4.39 Å². The van der Waals surface area contributed by atoms with E-state index in [1.807, 2.05) is 0 Å². The summed E-state index contributed by atoms with van der Waals surface area (Å²) < 4.78 is 12.6. The lowest BCUT2D eigenvalue weighted by Gasteiger charge is -2.10. The first-order valence-corrected chi connectivity index (χ1v) is 4.77. The maximum Gasteiger partial charge on any atom is 0.189 e. The standard InChI is InChI=1S/C8H9FN4S2/c9-5-1-3-6(4-2-5)11-8(15)13-12-7(10)14/h1-4H,(H3,10,12,14)(H2,11,13,15). The molecule has 0 bridgehead atoms. The monoisotopic (exact) mass is 244 g/mol. The molecule has 1 aromatic carbocycles. The molecule has 0 amide bonds. The molecule has 0 radical (unpaired) electrons. The summed E-state index contributed by atoms with van der Waals surface area (Å²) in [5.41, 5.74) is 10.9. The Balaban J connectivity index is 2.44. The number of hydrogen-bond acceptors (Lipinski definition) is 2. The SMILES string of the molecule is NC(=S)NNC(=S)Nc1ccc(F)cc1. The van der Waals surface area contributed by atoms with E-state index < -0.39 is 0 Å². The number of hydrogen-bond donors (Lipinski definition) is 4. The molecule has 4 nitrogen and oxygen atoms in total. The summed E-state index contributed by atoms with van der Waals surface area (Å²) in [6, 6.07) is 5.77. The lowest BCUT2D eigenvalue weighted by atomic mass is 10.3. The van der Waals surface area contributed by atoms with E-state index in [1.165, 1.54) is 12.1 Å². The third-order valence-corrected chi connectivity index (χ3v) is 1.71. The molecule has 0 fully saturated rings. The molecule has 0 aliphatic rings. The molecule has 0 atom stereocenters. The summed E-state index contributed by atoms with van der Waals surface area (Å²) in [5, 5.41) is 3.17. The first-order valence-electron chi connectivity index (χ1n) is 3.96. The van der Waals surface area contributed by atoms with Gasteiger partial charge in [-0.05, 0) is 48.7 Å². The van der Waals surface area contributed by atoms with Crippen molar-refractivity contribution in [2.24, 2.45) is 5.73 Å². The minimum absolute atomic E-state index is 0.0817. The highest BCUT2D eigenvalue weighted by Gasteiger charge is 1.97. The molecule has 0 spiro atoms. The molecular formula is C8H9FN4S2. The van der Waals surface area contributed by atoms with Crippen molar-refractivity contribution in [3.63, 3.8) is 0 Å².